The molecule has 47 heavy (non-hydrogen) atoms. The minimum atomic E-state index is -0.583. The van der Waals surface area contributed by atoms with Crippen molar-refractivity contribution in [2.24, 2.45) is 0 Å². The van der Waals surface area contributed by atoms with Crippen LogP contribution in [0, 0.1) is 0 Å². The molecular formula is C43H27N3O. The molecule has 0 radical (unpaired) electrons. The summed E-state index contributed by atoms with van der Waals surface area (Å²) in [6.07, 6.45) is 10.2. The van der Waals surface area contributed by atoms with Crippen molar-refractivity contribution in [2.45, 2.75) is 5.41 Å². The molecule has 0 saturated heterocycles. The third-order valence-corrected chi connectivity index (χ3v) is 9.84. The second kappa shape index (κ2) is 9.87. The molecule has 4 heteroatoms. The van der Waals surface area contributed by atoms with Gasteiger partial charge in [-0.1, -0.05) is 97.1 Å². The van der Waals surface area contributed by atoms with Crippen LogP contribution in [0.25, 0.3) is 50.9 Å². The van der Waals surface area contributed by atoms with Gasteiger partial charge in [0.15, 0.2) is 0 Å². The smallest absolute Gasteiger partial charge is 0.137 e. The highest BCUT2D eigenvalue weighted by Gasteiger charge is 2.47. The molecule has 0 bridgehead atoms. The highest BCUT2D eigenvalue weighted by atomic mass is 16.5. The van der Waals surface area contributed by atoms with E-state index < -0.39 is 5.41 Å². The van der Waals surface area contributed by atoms with E-state index in [0.717, 1.165) is 61.4 Å². The third kappa shape index (κ3) is 3.64. The number of pyridine rings is 2. The van der Waals surface area contributed by atoms with Gasteiger partial charge in [-0.2, -0.15) is 0 Å². The van der Waals surface area contributed by atoms with E-state index in [1.807, 2.05) is 36.8 Å². The first-order valence-corrected chi connectivity index (χ1v) is 15.9. The van der Waals surface area contributed by atoms with Gasteiger partial charge >= 0.3 is 0 Å². The molecule has 1 aliphatic heterocycles. The summed E-state index contributed by atoms with van der Waals surface area (Å²) >= 11 is 0. The lowest BCUT2D eigenvalue weighted by Gasteiger charge is -2.42. The van der Waals surface area contributed by atoms with Gasteiger partial charge in [0.1, 0.15) is 17.3 Å². The molecule has 4 heterocycles. The number of hydrogen-bond donors (Lipinski definition) is 0. The summed E-state index contributed by atoms with van der Waals surface area (Å²) in [6.45, 7) is 0. The normalized spacial score (nSPS) is 13.8. The Morgan fingerprint density at radius 1 is 0.511 bits per heavy atom. The quantitative estimate of drug-likeness (QED) is 0.198. The number of hydrogen-bond acceptors (Lipinski definition) is 3. The predicted molar refractivity (Wildman–Crippen MR) is 189 cm³/mol. The van der Waals surface area contributed by atoms with E-state index >= 15 is 0 Å². The van der Waals surface area contributed by atoms with Crippen LogP contribution in [0.1, 0.15) is 33.4 Å². The van der Waals surface area contributed by atoms with Crippen molar-refractivity contribution in [1.82, 2.24) is 14.5 Å². The first-order valence-electron chi connectivity index (χ1n) is 15.9. The van der Waals surface area contributed by atoms with E-state index in [1.165, 1.54) is 22.3 Å². The van der Waals surface area contributed by atoms with Gasteiger partial charge < -0.3 is 4.74 Å². The minimum Gasteiger partial charge on any atom is -0.457 e. The van der Waals surface area contributed by atoms with Gasteiger partial charge in [-0.15, -0.1) is 0 Å². The van der Waals surface area contributed by atoms with Gasteiger partial charge in [-0.05, 0) is 81.9 Å². The Morgan fingerprint density at radius 2 is 1.17 bits per heavy atom. The largest absolute Gasteiger partial charge is 0.457 e. The summed E-state index contributed by atoms with van der Waals surface area (Å²) < 4.78 is 8.81. The molecule has 220 valence electrons. The fraction of sp³-hybridized carbons (Fsp3) is 0.0233. The molecule has 0 fully saturated rings. The average molecular weight is 602 g/mol. The highest BCUT2D eigenvalue weighted by Crippen LogP contribution is 2.58. The maximum absolute atomic E-state index is 6.58. The van der Waals surface area contributed by atoms with E-state index in [-0.39, 0.29) is 0 Å². The van der Waals surface area contributed by atoms with E-state index in [2.05, 4.69) is 142 Å². The Balaban J connectivity index is 1.26. The van der Waals surface area contributed by atoms with E-state index in [9.17, 15) is 0 Å². The van der Waals surface area contributed by atoms with Gasteiger partial charge in [-0.25, -0.2) is 4.98 Å². The number of benzene rings is 5. The fourth-order valence-corrected chi connectivity index (χ4v) is 7.87. The number of nitrogens with zero attached hydrogens (tertiary/aromatic N) is 3. The van der Waals surface area contributed by atoms with Crippen LogP contribution in [-0.4, -0.2) is 14.5 Å². The van der Waals surface area contributed by atoms with Crippen LogP contribution in [0.15, 0.2) is 152 Å². The number of ether oxygens (including phenoxy) is 1. The molecular weight excluding hydrogens is 574 g/mol. The fourth-order valence-electron chi connectivity index (χ4n) is 7.87. The van der Waals surface area contributed by atoms with E-state index in [0.29, 0.717) is 0 Å². The van der Waals surface area contributed by atoms with Crippen LogP contribution in [-0.2, 0) is 5.41 Å². The number of para-hydroxylation sites is 2. The van der Waals surface area contributed by atoms with Crippen molar-refractivity contribution >= 4 is 34.0 Å². The average Bonchev–Trinajstić information content (AvgIpc) is 3.39. The van der Waals surface area contributed by atoms with Crippen molar-refractivity contribution in [3.8, 4) is 28.4 Å². The van der Waals surface area contributed by atoms with Gasteiger partial charge in [0.25, 0.3) is 0 Å². The summed E-state index contributed by atoms with van der Waals surface area (Å²) in [7, 11) is 0. The molecule has 8 aromatic rings. The monoisotopic (exact) mass is 601 g/mol. The topological polar surface area (TPSA) is 39.9 Å². The van der Waals surface area contributed by atoms with Crippen molar-refractivity contribution in [3.63, 3.8) is 0 Å². The Hall–Kier alpha value is -6.26. The number of fused-ring (bicyclic) bond motifs is 11. The standard InChI is InChI=1S/C43H27N3O/c1-2-10-34-28(9-1)16-17-29-18-19-31(26-37(29)43(34)35-11-3-5-13-40(35)47-41-14-6-4-12-36(41)43)30-20-21-38-32(25-30)33-27-44-24-22-39(33)46(38)42-15-7-8-23-45-42/h1-27H. The van der Waals surface area contributed by atoms with E-state index in [1.54, 1.807) is 0 Å². The molecule has 4 nitrogen and oxygen atoms in total. The molecule has 0 amide bonds. The van der Waals surface area contributed by atoms with Crippen LogP contribution in [0.2, 0.25) is 0 Å². The van der Waals surface area contributed by atoms with Crippen LogP contribution in [0.4, 0.5) is 0 Å². The number of aromatic nitrogens is 3. The lowest BCUT2D eigenvalue weighted by atomic mass is 9.62. The van der Waals surface area contributed by atoms with Crippen LogP contribution in [0.3, 0.4) is 0 Å². The molecule has 1 aliphatic carbocycles. The Bertz CT molecular complexity index is 2520. The van der Waals surface area contributed by atoms with Crippen molar-refractivity contribution in [1.29, 1.82) is 0 Å². The second-order valence-electron chi connectivity index (χ2n) is 12.2. The first kappa shape index (κ1) is 26.0. The van der Waals surface area contributed by atoms with Crippen molar-refractivity contribution < 1.29 is 4.74 Å². The molecule has 0 N–H and O–H groups in total. The summed E-state index contributed by atoms with van der Waals surface area (Å²) in [6, 6.07) is 47.6. The SMILES string of the molecule is C1=Cc2ccc(-c3ccc4c(c3)c3cnccc3n4-c3ccccn3)cc2C2(c3ccccc31)c1ccccc1Oc1ccccc12. The first-order chi connectivity index (χ1) is 23.3. The molecule has 5 aromatic carbocycles. The minimum absolute atomic E-state index is 0.583. The molecule has 0 saturated carbocycles. The predicted octanol–water partition coefficient (Wildman–Crippen LogP) is 10.2. The molecule has 1 spiro atoms. The van der Waals surface area contributed by atoms with Gasteiger partial charge in [0, 0.05) is 40.5 Å². The third-order valence-electron chi connectivity index (χ3n) is 9.84. The molecule has 0 unspecified atom stereocenters. The van der Waals surface area contributed by atoms with Crippen LogP contribution < -0.4 is 4.74 Å². The lowest BCUT2D eigenvalue weighted by Crippen LogP contribution is -2.35. The molecule has 3 aromatic heterocycles. The Labute approximate surface area is 271 Å². The van der Waals surface area contributed by atoms with Crippen LogP contribution >= 0.6 is 0 Å². The zero-order valence-electron chi connectivity index (χ0n) is 25.3. The Kier molecular flexibility index (Phi) is 5.46. The lowest BCUT2D eigenvalue weighted by molar-refractivity contribution is 0.434. The van der Waals surface area contributed by atoms with Crippen LogP contribution in [0.5, 0.6) is 11.5 Å². The van der Waals surface area contributed by atoms with Gasteiger partial charge in [-0.3, -0.25) is 9.55 Å². The maximum atomic E-state index is 6.58. The zero-order valence-corrected chi connectivity index (χ0v) is 25.3. The van der Waals surface area contributed by atoms with Gasteiger partial charge in [0.05, 0.1) is 16.4 Å². The molecule has 2 aliphatic rings. The number of rotatable bonds is 2. The zero-order chi connectivity index (χ0) is 31.0. The summed E-state index contributed by atoms with van der Waals surface area (Å²) in [4.78, 5) is 9.20. The highest BCUT2D eigenvalue weighted by molar-refractivity contribution is 6.10. The van der Waals surface area contributed by atoms with Crippen molar-refractivity contribution in [3.05, 3.63) is 185 Å². The molecule has 0 atom stereocenters. The van der Waals surface area contributed by atoms with Gasteiger partial charge in [0.2, 0.25) is 0 Å². The van der Waals surface area contributed by atoms with E-state index in [4.69, 9.17) is 4.74 Å². The Morgan fingerprint density at radius 3 is 1.96 bits per heavy atom. The summed E-state index contributed by atoms with van der Waals surface area (Å²) in [5.74, 6) is 2.66. The maximum Gasteiger partial charge on any atom is 0.137 e. The second-order valence-corrected chi connectivity index (χ2v) is 12.2. The summed E-state index contributed by atoms with van der Waals surface area (Å²) in [5.41, 5.74) is 11.1. The summed E-state index contributed by atoms with van der Waals surface area (Å²) in [5, 5.41) is 2.25. The van der Waals surface area contributed by atoms with Crippen molar-refractivity contribution in [2.75, 3.05) is 0 Å². The molecule has 10 rings (SSSR count).